The second-order valence-corrected chi connectivity index (χ2v) is 4.05. The van der Waals surface area contributed by atoms with Gasteiger partial charge in [-0.2, -0.15) is 0 Å². The minimum Gasteiger partial charge on any atom is -0.316 e. The van der Waals surface area contributed by atoms with Crippen LogP contribution < -0.4 is 5.32 Å². The van der Waals surface area contributed by atoms with Crippen molar-refractivity contribution >= 4 is 0 Å². The van der Waals surface area contributed by atoms with Crippen LogP contribution in [0.2, 0.25) is 0 Å². The number of nitrogens with one attached hydrogen (secondary N) is 1. The van der Waals surface area contributed by atoms with Crippen LogP contribution in [0.3, 0.4) is 0 Å². The van der Waals surface area contributed by atoms with Crippen LogP contribution in [0.5, 0.6) is 0 Å². The number of aromatic nitrogens is 1. The summed E-state index contributed by atoms with van der Waals surface area (Å²) in [6.07, 6.45) is 6.34. The maximum atomic E-state index is 4.08. The van der Waals surface area contributed by atoms with Gasteiger partial charge in [0, 0.05) is 12.4 Å². The number of hydrogen-bond donors (Lipinski definition) is 1. The Kier molecular flexibility index (Phi) is 3.14. The SMILES string of the molecule is CCC1CNCCC1c1ccncc1. The van der Waals surface area contributed by atoms with Gasteiger partial charge in [-0.3, -0.25) is 4.98 Å². The average Bonchev–Trinajstić information content (AvgIpc) is 2.30. The third-order valence-electron chi connectivity index (χ3n) is 3.27. The predicted octanol–water partition coefficient (Wildman–Crippen LogP) is 2.18. The summed E-state index contributed by atoms with van der Waals surface area (Å²) >= 11 is 0. The molecule has 2 nitrogen and oxygen atoms in total. The molecule has 76 valence electrons. The van der Waals surface area contributed by atoms with Gasteiger partial charge in [0.25, 0.3) is 0 Å². The molecule has 2 unspecified atom stereocenters. The van der Waals surface area contributed by atoms with E-state index in [4.69, 9.17) is 0 Å². The van der Waals surface area contributed by atoms with Gasteiger partial charge in [0.1, 0.15) is 0 Å². The Morgan fingerprint density at radius 3 is 2.93 bits per heavy atom. The largest absolute Gasteiger partial charge is 0.316 e. The number of rotatable bonds is 2. The molecule has 1 saturated heterocycles. The highest BCUT2D eigenvalue weighted by Gasteiger charge is 2.24. The van der Waals surface area contributed by atoms with Crippen LogP contribution in [0.4, 0.5) is 0 Å². The first kappa shape index (κ1) is 9.66. The Labute approximate surface area is 85.7 Å². The summed E-state index contributed by atoms with van der Waals surface area (Å²) in [7, 11) is 0. The molecule has 1 fully saturated rings. The van der Waals surface area contributed by atoms with Crippen LogP contribution in [0.1, 0.15) is 31.2 Å². The van der Waals surface area contributed by atoms with E-state index in [0.29, 0.717) is 0 Å². The molecule has 1 aliphatic heterocycles. The summed E-state index contributed by atoms with van der Waals surface area (Å²) in [5.74, 6) is 1.54. The Morgan fingerprint density at radius 1 is 1.43 bits per heavy atom. The van der Waals surface area contributed by atoms with Crippen molar-refractivity contribution in [2.45, 2.75) is 25.7 Å². The molecule has 0 spiro atoms. The molecule has 0 aromatic carbocycles. The Hall–Kier alpha value is -0.890. The van der Waals surface area contributed by atoms with E-state index < -0.39 is 0 Å². The first-order valence-electron chi connectivity index (χ1n) is 5.52. The fourth-order valence-electron chi connectivity index (χ4n) is 2.40. The van der Waals surface area contributed by atoms with Crippen LogP contribution >= 0.6 is 0 Å². The minimum absolute atomic E-state index is 0.740. The highest BCUT2D eigenvalue weighted by Crippen LogP contribution is 2.31. The molecular weight excluding hydrogens is 172 g/mol. The fraction of sp³-hybridized carbons (Fsp3) is 0.583. The highest BCUT2D eigenvalue weighted by atomic mass is 14.9. The van der Waals surface area contributed by atoms with E-state index in [1.165, 1.54) is 24.9 Å². The van der Waals surface area contributed by atoms with Crippen molar-refractivity contribution in [2.24, 2.45) is 5.92 Å². The van der Waals surface area contributed by atoms with Crippen molar-refractivity contribution in [2.75, 3.05) is 13.1 Å². The molecule has 0 amide bonds. The molecule has 0 aliphatic carbocycles. The van der Waals surface area contributed by atoms with Crippen LogP contribution in [0.15, 0.2) is 24.5 Å². The normalized spacial score (nSPS) is 27.5. The lowest BCUT2D eigenvalue weighted by atomic mass is 9.80. The van der Waals surface area contributed by atoms with Crippen molar-refractivity contribution in [3.8, 4) is 0 Å². The van der Waals surface area contributed by atoms with E-state index in [1.807, 2.05) is 12.4 Å². The van der Waals surface area contributed by atoms with E-state index in [1.54, 1.807) is 0 Å². The summed E-state index contributed by atoms with van der Waals surface area (Å²) in [5.41, 5.74) is 1.47. The van der Waals surface area contributed by atoms with Gasteiger partial charge in [-0.15, -0.1) is 0 Å². The average molecular weight is 190 g/mol. The van der Waals surface area contributed by atoms with Gasteiger partial charge >= 0.3 is 0 Å². The second kappa shape index (κ2) is 4.56. The number of nitrogens with zero attached hydrogens (tertiary/aromatic N) is 1. The van der Waals surface area contributed by atoms with E-state index in [2.05, 4.69) is 29.4 Å². The molecule has 0 bridgehead atoms. The number of pyridine rings is 1. The molecule has 1 N–H and O–H groups in total. The van der Waals surface area contributed by atoms with Gasteiger partial charge in [0.05, 0.1) is 0 Å². The molecule has 1 aromatic heterocycles. The fourth-order valence-corrected chi connectivity index (χ4v) is 2.40. The molecule has 0 radical (unpaired) electrons. The third kappa shape index (κ3) is 1.95. The van der Waals surface area contributed by atoms with Gasteiger partial charge in [-0.25, -0.2) is 0 Å². The Balaban J connectivity index is 2.15. The van der Waals surface area contributed by atoms with Crippen molar-refractivity contribution in [3.63, 3.8) is 0 Å². The zero-order valence-corrected chi connectivity index (χ0v) is 8.74. The predicted molar refractivity (Wildman–Crippen MR) is 58.2 cm³/mol. The molecule has 2 heteroatoms. The maximum absolute atomic E-state index is 4.08. The Morgan fingerprint density at radius 2 is 2.21 bits per heavy atom. The van der Waals surface area contributed by atoms with E-state index in [-0.39, 0.29) is 0 Å². The minimum atomic E-state index is 0.740. The van der Waals surface area contributed by atoms with Crippen LogP contribution in [0, 0.1) is 5.92 Å². The lowest BCUT2D eigenvalue weighted by Crippen LogP contribution is -2.35. The van der Waals surface area contributed by atoms with Crippen LogP contribution in [-0.2, 0) is 0 Å². The van der Waals surface area contributed by atoms with Crippen molar-refractivity contribution in [1.82, 2.24) is 10.3 Å². The van der Waals surface area contributed by atoms with Gasteiger partial charge in [-0.1, -0.05) is 13.3 Å². The lowest BCUT2D eigenvalue weighted by molar-refractivity contribution is 0.318. The number of hydrogen-bond acceptors (Lipinski definition) is 2. The third-order valence-corrected chi connectivity index (χ3v) is 3.27. The summed E-state index contributed by atoms with van der Waals surface area (Å²) < 4.78 is 0. The molecule has 2 heterocycles. The molecule has 0 saturated carbocycles. The van der Waals surface area contributed by atoms with Gasteiger partial charge < -0.3 is 5.32 Å². The lowest BCUT2D eigenvalue weighted by Gasteiger charge is -2.31. The monoisotopic (exact) mass is 190 g/mol. The van der Waals surface area contributed by atoms with Crippen molar-refractivity contribution < 1.29 is 0 Å². The van der Waals surface area contributed by atoms with Crippen LogP contribution in [0.25, 0.3) is 0 Å². The van der Waals surface area contributed by atoms with E-state index in [0.717, 1.165) is 18.4 Å². The summed E-state index contributed by atoms with van der Waals surface area (Å²) in [5, 5.41) is 3.47. The molecule has 1 aromatic rings. The maximum Gasteiger partial charge on any atom is 0.0270 e. The summed E-state index contributed by atoms with van der Waals surface area (Å²) in [6, 6.07) is 4.33. The summed E-state index contributed by atoms with van der Waals surface area (Å²) in [6.45, 7) is 4.61. The highest BCUT2D eigenvalue weighted by molar-refractivity contribution is 5.17. The molecule has 2 atom stereocenters. The quantitative estimate of drug-likeness (QED) is 0.773. The van der Waals surface area contributed by atoms with Gasteiger partial charge in [0.15, 0.2) is 0 Å². The topological polar surface area (TPSA) is 24.9 Å². The zero-order chi connectivity index (χ0) is 9.80. The van der Waals surface area contributed by atoms with Crippen molar-refractivity contribution in [1.29, 1.82) is 0 Å². The van der Waals surface area contributed by atoms with E-state index in [9.17, 15) is 0 Å². The standard InChI is InChI=1S/C12H18N2/c1-2-10-9-14-8-5-12(10)11-3-6-13-7-4-11/h3-4,6-7,10,12,14H,2,5,8-9H2,1H3. The van der Waals surface area contributed by atoms with Crippen LogP contribution in [-0.4, -0.2) is 18.1 Å². The van der Waals surface area contributed by atoms with Gasteiger partial charge in [0.2, 0.25) is 0 Å². The summed E-state index contributed by atoms with van der Waals surface area (Å²) in [4.78, 5) is 4.08. The molecule has 1 aliphatic rings. The second-order valence-electron chi connectivity index (χ2n) is 4.05. The number of piperidine rings is 1. The van der Waals surface area contributed by atoms with E-state index >= 15 is 0 Å². The smallest absolute Gasteiger partial charge is 0.0270 e. The molecule has 2 rings (SSSR count). The van der Waals surface area contributed by atoms with Crippen molar-refractivity contribution in [3.05, 3.63) is 30.1 Å². The zero-order valence-electron chi connectivity index (χ0n) is 8.74. The Bertz CT molecular complexity index is 271. The first-order chi connectivity index (χ1) is 6.92. The first-order valence-corrected chi connectivity index (χ1v) is 5.52. The van der Waals surface area contributed by atoms with Gasteiger partial charge in [-0.05, 0) is 49.0 Å². The molecule has 14 heavy (non-hydrogen) atoms. The molecular formula is C12H18N2.